The molecule has 0 aliphatic carbocycles. The van der Waals surface area contributed by atoms with Crippen LogP contribution in [-0.2, 0) is 31.4 Å². The Labute approximate surface area is 182 Å². The van der Waals surface area contributed by atoms with Gasteiger partial charge < -0.3 is 9.47 Å². The Balaban J connectivity index is 2.00. The van der Waals surface area contributed by atoms with E-state index in [9.17, 15) is 21.6 Å². The van der Waals surface area contributed by atoms with E-state index in [1.165, 1.54) is 40.2 Å². The molecule has 0 unspecified atom stereocenters. The predicted octanol–water partition coefficient (Wildman–Crippen LogP) is 1.88. The molecule has 2 aromatic rings. The highest BCUT2D eigenvalue weighted by Gasteiger charge is 2.50. The molecule has 0 saturated carbocycles. The third-order valence-corrected chi connectivity index (χ3v) is 8.34. The Hall–Kier alpha value is -2.63. The van der Waals surface area contributed by atoms with Crippen molar-refractivity contribution < 1.29 is 31.1 Å². The van der Waals surface area contributed by atoms with Gasteiger partial charge in [-0.2, -0.15) is 0 Å². The molecule has 9 nitrogen and oxygen atoms in total. The van der Waals surface area contributed by atoms with Gasteiger partial charge in [0.2, 0.25) is 26.0 Å². The molecule has 11 heteroatoms. The van der Waals surface area contributed by atoms with Crippen LogP contribution in [0.5, 0.6) is 11.5 Å². The van der Waals surface area contributed by atoms with Crippen LogP contribution in [-0.4, -0.2) is 42.7 Å². The smallest absolute Gasteiger partial charge is 0.247 e. The van der Waals surface area contributed by atoms with Gasteiger partial charge in [0, 0.05) is 12.1 Å². The molecule has 2 aromatic carbocycles. The van der Waals surface area contributed by atoms with E-state index in [1.54, 1.807) is 24.3 Å². The summed E-state index contributed by atoms with van der Waals surface area (Å²) in [5.74, 6) is -0.455. The summed E-state index contributed by atoms with van der Waals surface area (Å²) in [4.78, 5) is 12.4. The van der Waals surface area contributed by atoms with E-state index < -0.39 is 31.4 Å². The number of anilines is 1. The van der Waals surface area contributed by atoms with Gasteiger partial charge in [-0.3, -0.25) is 4.79 Å². The summed E-state index contributed by atoms with van der Waals surface area (Å²) in [5.41, 5.74) is -0.559. The molecule has 0 spiro atoms. The van der Waals surface area contributed by atoms with Crippen molar-refractivity contribution in [1.82, 2.24) is 4.72 Å². The Morgan fingerprint density at radius 3 is 2.29 bits per heavy atom. The number of methoxy groups -OCH3 is 2. The summed E-state index contributed by atoms with van der Waals surface area (Å²) < 4.78 is 64.8. The zero-order valence-corrected chi connectivity index (χ0v) is 19.2. The van der Waals surface area contributed by atoms with E-state index in [1.807, 2.05) is 0 Å². The van der Waals surface area contributed by atoms with Crippen molar-refractivity contribution in [2.45, 2.75) is 25.3 Å². The lowest BCUT2D eigenvalue weighted by Gasteiger charge is -2.19. The number of rotatable bonds is 7. The van der Waals surface area contributed by atoms with Crippen molar-refractivity contribution in [2.75, 3.05) is 24.3 Å². The van der Waals surface area contributed by atoms with Crippen molar-refractivity contribution in [3.05, 3.63) is 48.0 Å². The van der Waals surface area contributed by atoms with Gasteiger partial charge >= 0.3 is 0 Å². The largest absolute Gasteiger partial charge is 0.496 e. The van der Waals surface area contributed by atoms with Gasteiger partial charge in [-0.15, -0.1) is 0 Å². The maximum Gasteiger partial charge on any atom is 0.247 e. The summed E-state index contributed by atoms with van der Waals surface area (Å²) in [6.07, 6.45) is 0. The molecular weight excluding hydrogens is 444 g/mol. The van der Waals surface area contributed by atoms with Crippen molar-refractivity contribution in [3.63, 3.8) is 0 Å². The summed E-state index contributed by atoms with van der Waals surface area (Å²) in [6.45, 7) is 3.00. The van der Waals surface area contributed by atoms with E-state index in [0.29, 0.717) is 15.6 Å². The van der Waals surface area contributed by atoms with Crippen LogP contribution in [0, 0.1) is 5.41 Å². The lowest BCUT2D eigenvalue weighted by molar-refractivity contribution is -0.123. The van der Waals surface area contributed by atoms with Gasteiger partial charge in [-0.25, -0.2) is 25.9 Å². The number of hydrogen-bond acceptors (Lipinski definition) is 7. The number of carbonyl (C=O) groups is 1. The number of para-hydroxylation sites is 1. The van der Waals surface area contributed by atoms with Crippen molar-refractivity contribution >= 4 is 31.6 Å². The van der Waals surface area contributed by atoms with Crippen LogP contribution in [0.4, 0.5) is 5.69 Å². The van der Waals surface area contributed by atoms with Crippen molar-refractivity contribution in [3.8, 4) is 11.5 Å². The van der Waals surface area contributed by atoms with E-state index >= 15 is 0 Å². The highest BCUT2D eigenvalue weighted by atomic mass is 32.2. The van der Waals surface area contributed by atoms with Crippen molar-refractivity contribution in [1.29, 1.82) is 0 Å². The Morgan fingerprint density at radius 1 is 1.06 bits per heavy atom. The first-order valence-corrected chi connectivity index (χ1v) is 12.4. The molecule has 31 heavy (non-hydrogen) atoms. The van der Waals surface area contributed by atoms with Gasteiger partial charge in [-0.1, -0.05) is 18.2 Å². The molecule has 0 aromatic heterocycles. The lowest BCUT2D eigenvalue weighted by atomic mass is 9.95. The minimum atomic E-state index is -4.13. The SMILES string of the molecule is COc1ccccc1CNS(=O)(=O)c1cc(N2C(=O)C(C)(C)CS2(=O)=O)ccc1OC. The number of nitrogens with one attached hydrogen (secondary N) is 1. The Kier molecular flexibility index (Phi) is 6.05. The maximum absolute atomic E-state index is 13.0. The summed E-state index contributed by atoms with van der Waals surface area (Å²) in [5, 5.41) is 0. The number of hydrogen-bond donors (Lipinski definition) is 1. The number of amides is 1. The average molecular weight is 469 g/mol. The molecule has 1 aliphatic rings. The van der Waals surface area contributed by atoms with Crippen LogP contribution >= 0.6 is 0 Å². The first kappa shape index (κ1) is 23.0. The van der Waals surface area contributed by atoms with E-state index in [2.05, 4.69) is 4.72 Å². The first-order chi connectivity index (χ1) is 14.4. The van der Waals surface area contributed by atoms with Gasteiger partial charge in [0.15, 0.2) is 0 Å². The number of nitrogens with zero attached hydrogens (tertiary/aromatic N) is 1. The number of benzene rings is 2. The fourth-order valence-electron chi connectivity index (χ4n) is 3.36. The normalized spacial score (nSPS) is 17.5. The highest BCUT2D eigenvalue weighted by molar-refractivity contribution is 7.94. The second-order valence-corrected chi connectivity index (χ2v) is 11.2. The van der Waals surface area contributed by atoms with Crippen LogP contribution in [0.15, 0.2) is 47.4 Å². The zero-order valence-electron chi connectivity index (χ0n) is 17.6. The Morgan fingerprint density at radius 2 is 1.71 bits per heavy atom. The zero-order chi connectivity index (χ0) is 23.0. The second kappa shape index (κ2) is 8.13. The number of ether oxygens (including phenoxy) is 2. The lowest BCUT2D eigenvalue weighted by Crippen LogP contribution is -2.33. The van der Waals surface area contributed by atoms with E-state index in [0.717, 1.165) is 6.07 Å². The molecule has 1 heterocycles. The van der Waals surface area contributed by atoms with Crippen LogP contribution in [0.1, 0.15) is 19.4 Å². The molecular formula is C20H24N2O7S2. The molecule has 3 rings (SSSR count). The van der Waals surface area contributed by atoms with Crippen LogP contribution in [0.25, 0.3) is 0 Å². The molecule has 1 saturated heterocycles. The summed E-state index contributed by atoms with van der Waals surface area (Å²) in [7, 11) is -5.28. The Bertz CT molecular complexity index is 1220. The van der Waals surface area contributed by atoms with E-state index in [4.69, 9.17) is 9.47 Å². The molecule has 1 fully saturated rings. The molecule has 0 bridgehead atoms. The number of carbonyl (C=O) groups excluding carboxylic acids is 1. The fraction of sp³-hybridized carbons (Fsp3) is 0.350. The van der Waals surface area contributed by atoms with Crippen molar-refractivity contribution in [2.24, 2.45) is 5.41 Å². The molecule has 0 atom stereocenters. The average Bonchev–Trinajstić information content (AvgIpc) is 2.88. The van der Waals surface area contributed by atoms with Crippen LogP contribution < -0.4 is 18.5 Å². The van der Waals surface area contributed by atoms with Gasteiger partial charge in [-0.05, 0) is 38.1 Å². The molecule has 1 amide bonds. The molecule has 168 valence electrons. The maximum atomic E-state index is 13.0. The second-order valence-electron chi connectivity index (χ2n) is 7.68. The third-order valence-electron chi connectivity index (χ3n) is 4.90. The molecule has 1 aliphatic heterocycles. The quantitative estimate of drug-likeness (QED) is 0.659. The standard InChI is InChI=1S/C20H24N2O7S2/c1-20(2)13-30(24,25)22(19(20)23)15-9-10-17(29-4)18(11-15)31(26,27)21-12-14-7-5-6-8-16(14)28-3/h5-11,21H,12-13H2,1-4H3. The summed E-state index contributed by atoms with van der Waals surface area (Å²) >= 11 is 0. The van der Waals surface area contributed by atoms with Gasteiger partial charge in [0.05, 0.1) is 31.1 Å². The van der Waals surface area contributed by atoms with Crippen LogP contribution in [0.2, 0.25) is 0 Å². The minimum absolute atomic E-state index is 0.0135. The molecule has 1 N–H and O–H groups in total. The number of sulfonamides is 2. The fourth-order valence-corrected chi connectivity index (χ4v) is 6.65. The monoisotopic (exact) mass is 468 g/mol. The topological polar surface area (TPSA) is 119 Å². The van der Waals surface area contributed by atoms with Gasteiger partial charge in [0.1, 0.15) is 16.4 Å². The highest BCUT2D eigenvalue weighted by Crippen LogP contribution is 2.38. The van der Waals surface area contributed by atoms with Crippen LogP contribution in [0.3, 0.4) is 0 Å². The predicted molar refractivity (Wildman–Crippen MR) is 115 cm³/mol. The molecule has 0 radical (unpaired) electrons. The van der Waals surface area contributed by atoms with E-state index in [-0.39, 0.29) is 28.6 Å². The summed E-state index contributed by atoms with van der Waals surface area (Å²) in [6, 6.07) is 10.7. The third kappa shape index (κ3) is 4.39. The minimum Gasteiger partial charge on any atom is -0.496 e. The first-order valence-electron chi connectivity index (χ1n) is 9.30. The van der Waals surface area contributed by atoms with Gasteiger partial charge in [0.25, 0.3) is 0 Å².